The molecule has 6 heteroatoms. The zero-order valence-electron chi connectivity index (χ0n) is 10.1. The van der Waals surface area contributed by atoms with E-state index in [-0.39, 0.29) is 17.0 Å². The van der Waals surface area contributed by atoms with Crippen LogP contribution in [0, 0.1) is 0 Å². The van der Waals surface area contributed by atoms with Crippen molar-refractivity contribution < 1.29 is 15.0 Å². The lowest BCUT2D eigenvalue weighted by molar-refractivity contribution is 0.0693. The smallest absolute Gasteiger partial charge is 0.356 e. The van der Waals surface area contributed by atoms with Crippen LogP contribution in [0.3, 0.4) is 0 Å². The van der Waals surface area contributed by atoms with E-state index in [0.29, 0.717) is 16.4 Å². The van der Waals surface area contributed by atoms with Crippen LogP contribution in [-0.2, 0) is 0 Å². The molecular formula is C14H9ClN2O3. The van der Waals surface area contributed by atoms with Gasteiger partial charge in [-0.25, -0.2) is 9.78 Å². The summed E-state index contributed by atoms with van der Waals surface area (Å²) in [5, 5.41) is 19.6. The fraction of sp³-hybridized carbons (Fsp3) is 0. The highest BCUT2D eigenvalue weighted by atomic mass is 35.5. The molecule has 0 fully saturated rings. The SMILES string of the molecule is O=C(O)c1nc(-c2ccc(Cl)cc2)n2cccc(O)c12. The van der Waals surface area contributed by atoms with Crippen LogP contribution >= 0.6 is 11.6 Å². The Morgan fingerprint density at radius 2 is 1.90 bits per heavy atom. The van der Waals surface area contributed by atoms with Crippen LogP contribution in [0.1, 0.15) is 10.5 Å². The van der Waals surface area contributed by atoms with E-state index < -0.39 is 5.97 Å². The van der Waals surface area contributed by atoms with Gasteiger partial charge in [0.25, 0.3) is 0 Å². The highest BCUT2D eigenvalue weighted by Gasteiger charge is 2.20. The molecule has 0 saturated carbocycles. The van der Waals surface area contributed by atoms with E-state index in [1.54, 1.807) is 40.9 Å². The van der Waals surface area contributed by atoms with Crippen molar-refractivity contribution in [2.75, 3.05) is 0 Å². The topological polar surface area (TPSA) is 74.8 Å². The fourth-order valence-electron chi connectivity index (χ4n) is 2.07. The first-order chi connectivity index (χ1) is 9.58. The van der Waals surface area contributed by atoms with Crippen LogP contribution in [0.15, 0.2) is 42.6 Å². The van der Waals surface area contributed by atoms with Gasteiger partial charge < -0.3 is 10.2 Å². The maximum Gasteiger partial charge on any atom is 0.356 e. The van der Waals surface area contributed by atoms with Crippen LogP contribution in [0.2, 0.25) is 5.02 Å². The van der Waals surface area contributed by atoms with Crippen LogP contribution in [-0.4, -0.2) is 25.6 Å². The van der Waals surface area contributed by atoms with Crippen LogP contribution in [0.5, 0.6) is 5.75 Å². The summed E-state index contributed by atoms with van der Waals surface area (Å²) in [5.41, 5.74) is 0.695. The number of fused-ring (bicyclic) bond motifs is 1. The number of aromatic hydroxyl groups is 1. The fourth-order valence-corrected chi connectivity index (χ4v) is 2.20. The first-order valence-corrected chi connectivity index (χ1v) is 6.15. The zero-order chi connectivity index (χ0) is 14.3. The molecule has 2 aromatic heterocycles. The number of pyridine rings is 1. The van der Waals surface area contributed by atoms with Gasteiger partial charge in [-0.2, -0.15) is 0 Å². The molecule has 100 valence electrons. The Kier molecular flexibility index (Phi) is 2.84. The number of carboxylic acid groups (broad SMARTS) is 1. The summed E-state index contributed by atoms with van der Waals surface area (Å²) in [6.45, 7) is 0. The summed E-state index contributed by atoms with van der Waals surface area (Å²) in [7, 11) is 0. The predicted molar refractivity (Wildman–Crippen MR) is 74.3 cm³/mol. The molecule has 3 aromatic rings. The normalized spacial score (nSPS) is 10.8. The first kappa shape index (κ1) is 12.5. The van der Waals surface area contributed by atoms with E-state index in [1.165, 1.54) is 6.07 Å². The maximum absolute atomic E-state index is 11.3. The van der Waals surface area contributed by atoms with Crippen molar-refractivity contribution in [3.05, 3.63) is 53.3 Å². The van der Waals surface area contributed by atoms with Crippen LogP contribution in [0.25, 0.3) is 16.9 Å². The predicted octanol–water partition coefficient (Wildman–Crippen LogP) is 3.06. The Morgan fingerprint density at radius 1 is 1.20 bits per heavy atom. The molecule has 0 bridgehead atoms. The summed E-state index contributed by atoms with van der Waals surface area (Å²) >= 11 is 5.84. The molecule has 2 heterocycles. The van der Waals surface area contributed by atoms with E-state index in [9.17, 15) is 15.0 Å². The number of hydrogen-bond acceptors (Lipinski definition) is 3. The van der Waals surface area contributed by atoms with Crippen molar-refractivity contribution in [2.24, 2.45) is 0 Å². The van der Waals surface area contributed by atoms with Gasteiger partial charge in [-0.3, -0.25) is 4.40 Å². The maximum atomic E-state index is 11.3. The number of carboxylic acids is 1. The molecule has 20 heavy (non-hydrogen) atoms. The third-order valence-corrected chi connectivity index (χ3v) is 3.20. The van der Waals surface area contributed by atoms with Gasteiger partial charge in [-0.1, -0.05) is 11.6 Å². The van der Waals surface area contributed by atoms with Crippen molar-refractivity contribution in [3.8, 4) is 17.1 Å². The average molecular weight is 289 g/mol. The van der Waals surface area contributed by atoms with Gasteiger partial charge in [-0.15, -0.1) is 0 Å². The molecule has 0 radical (unpaired) electrons. The van der Waals surface area contributed by atoms with Crippen molar-refractivity contribution in [1.29, 1.82) is 0 Å². The third-order valence-electron chi connectivity index (χ3n) is 2.95. The number of aromatic nitrogens is 2. The molecule has 0 amide bonds. The molecule has 0 aliphatic carbocycles. The van der Waals surface area contributed by atoms with Gasteiger partial charge in [0.2, 0.25) is 0 Å². The van der Waals surface area contributed by atoms with E-state index in [4.69, 9.17) is 11.6 Å². The largest absolute Gasteiger partial charge is 0.506 e. The molecule has 5 nitrogen and oxygen atoms in total. The number of aromatic carboxylic acids is 1. The van der Waals surface area contributed by atoms with Gasteiger partial charge >= 0.3 is 5.97 Å². The number of carbonyl (C=O) groups is 1. The number of imidazole rings is 1. The molecule has 1 aromatic carbocycles. The van der Waals surface area contributed by atoms with Gasteiger partial charge in [-0.05, 0) is 36.4 Å². The third kappa shape index (κ3) is 1.88. The summed E-state index contributed by atoms with van der Waals surface area (Å²) in [6, 6.07) is 9.92. The quantitative estimate of drug-likeness (QED) is 0.760. The Morgan fingerprint density at radius 3 is 2.55 bits per heavy atom. The highest BCUT2D eigenvalue weighted by molar-refractivity contribution is 6.30. The molecule has 0 aliphatic rings. The minimum absolute atomic E-state index is 0.127. The molecule has 0 unspecified atom stereocenters. The second-order valence-electron chi connectivity index (χ2n) is 4.21. The Bertz CT molecular complexity index is 809. The van der Waals surface area contributed by atoms with Crippen molar-refractivity contribution in [2.45, 2.75) is 0 Å². The summed E-state index contributed by atoms with van der Waals surface area (Å²) in [4.78, 5) is 15.4. The van der Waals surface area contributed by atoms with Crippen LogP contribution < -0.4 is 0 Å². The standard InChI is InChI=1S/C14H9ClN2O3/c15-9-5-3-8(4-6-9)13-16-11(14(19)20)12-10(18)2-1-7-17(12)13/h1-7,18H,(H,19,20). The minimum Gasteiger partial charge on any atom is -0.506 e. The number of nitrogens with zero attached hydrogens (tertiary/aromatic N) is 2. The Hall–Kier alpha value is -2.53. The molecule has 0 atom stereocenters. The molecule has 0 spiro atoms. The van der Waals surface area contributed by atoms with Crippen LogP contribution in [0.4, 0.5) is 0 Å². The lowest BCUT2D eigenvalue weighted by atomic mass is 10.2. The zero-order valence-corrected chi connectivity index (χ0v) is 10.9. The highest BCUT2D eigenvalue weighted by Crippen LogP contribution is 2.28. The van der Waals surface area contributed by atoms with Crippen molar-refractivity contribution in [1.82, 2.24) is 9.38 Å². The van der Waals surface area contributed by atoms with Crippen molar-refractivity contribution in [3.63, 3.8) is 0 Å². The molecular weight excluding hydrogens is 280 g/mol. The monoisotopic (exact) mass is 288 g/mol. The number of rotatable bonds is 2. The van der Waals surface area contributed by atoms with Crippen molar-refractivity contribution >= 4 is 23.1 Å². The second-order valence-corrected chi connectivity index (χ2v) is 4.64. The summed E-state index contributed by atoms with van der Waals surface area (Å²) in [5.74, 6) is -0.883. The van der Waals surface area contributed by atoms with E-state index in [0.717, 1.165) is 0 Å². The lowest BCUT2D eigenvalue weighted by Crippen LogP contribution is -1.97. The van der Waals surface area contributed by atoms with E-state index in [1.807, 2.05) is 0 Å². The Labute approximate surface area is 118 Å². The second kappa shape index (κ2) is 4.54. The van der Waals surface area contributed by atoms with Gasteiger partial charge in [0, 0.05) is 16.8 Å². The number of halogens is 1. The molecule has 3 rings (SSSR count). The molecule has 0 saturated heterocycles. The minimum atomic E-state index is -1.19. The number of benzene rings is 1. The molecule has 2 N–H and O–H groups in total. The average Bonchev–Trinajstić information content (AvgIpc) is 2.81. The lowest BCUT2D eigenvalue weighted by Gasteiger charge is -2.02. The molecule has 0 aliphatic heterocycles. The Balaban J connectivity index is 2.34. The van der Waals surface area contributed by atoms with Gasteiger partial charge in [0.05, 0.1) is 0 Å². The van der Waals surface area contributed by atoms with Gasteiger partial charge in [0.1, 0.15) is 17.1 Å². The van der Waals surface area contributed by atoms with E-state index in [2.05, 4.69) is 4.98 Å². The number of hydrogen-bond donors (Lipinski definition) is 2. The summed E-state index contributed by atoms with van der Waals surface area (Å²) < 4.78 is 1.54. The first-order valence-electron chi connectivity index (χ1n) is 5.77. The van der Waals surface area contributed by atoms with E-state index >= 15 is 0 Å². The van der Waals surface area contributed by atoms with Gasteiger partial charge in [0.15, 0.2) is 5.69 Å². The summed E-state index contributed by atoms with van der Waals surface area (Å²) in [6.07, 6.45) is 1.65.